The number of rotatable bonds is 11. The summed E-state index contributed by atoms with van der Waals surface area (Å²) >= 11 is 0. The standard InChI is InChI=1S/C28H36N2O5/c1-6-8-17-35-22-12-9-20(10-13-22)25-24(27(32)28(33)30(25)16-15-29(4)5)26(31)21-11-14-23(34-7-2)19(3)18-21/h9-14,18,25,31H,6-8,15-17H2,1-5H3. The second-order valence-corrected chi connectivity index (χ2v) is 8.98. The Kier molecular flexibility index (Phi) is 8.93. The molecule has 0 aromatic heterocycles. The van der Waals surface area contributed by atoms with E-state index in [1.54, 1.807) is 23.1 Å². The van der Waals surface area contributed by atoms with E-state index in [-0.39, 0.29) is 11.3 Å². The minimum absolute atomic E-state index is 0.0944. The molecule has 1 aliphatic heterocycles. The first-order valence-corrected chi connectivity index (χ1v) is 12.2. The lowest BCUT2D eigenvalue weighted by Gasteiger charge is -2.26. The summed E-state index contributed by atoms with van der Waals surface area (Å²) < 4.78 is 11.4. The van der Waals surface area contributed by atoms with E-state index in [0.717, 1.165) is 29.7 Å². The van der Waals surface area contributed by atoms with E-state index in [1.807, 2.05) is 57.1 Å². The Balaban J connectivity index is 2.04. The summed E-state index contributed by atoms with van der Waals surface area (Å²) in [4.78, 5) is 29.7. The number of hydrogen-bond acceptors (Lipinski definition) is 6. The molecule has 1 amide bonds. The van der Waals surface area contributed by atoms with Crippen LogP contribution in [0.5, 0.6) is 11.5 Å². The molecule has 7 heteroatoms. The van der Waals surface area contributed by atoms with Crippen molar-refractivity contribution in [2.24, 2.45) is 0 Å². The van der Waals surface area contributed by atoms with Crippen LogP contribution >= 0.6 is 0 Å². The number of amides is 1. The molecule has 2 aromatic rings. The molecule has 1 atom stereocenters. The predicted octanol–water partition coefficient (Wildman–Crippen LogP) is 4.56. The van der Waals surface area contributed by atoms with E-state index in [9.17, 15) is 14.7 Å². The summed E-state index contributed by atoms with van der Waals surface area (Å²) in [5.41, 5.74) is 2.15. The Morgan fingerprint density at radius 2 is 1.77 bits per heavy atom. The van der Waals surface area contributed by atoms with Crippen molar-refractivity contribution in [3.05, 3.63) is 64.7 Å². The van der Waals surface area contributed by atoms with Crippen molar-refractivity contribution in [2.45, 2.75) is 39.7 Å². The lowest BCUT2D eigenvalue weighted by atomic mass is 9.94. The number of unbranched alkanes of at least 4 members (excludes halogenated alkanes) is 1. The van der Waals surface area contributed by atoms with Crippen molar-refractivity contribution in [1.29, 1.82) is 0 Å². The van der Waals surface area contributed by atoms with E-state index >= 15 is 0 Å². The SMILES string of the molecule is CCCCOc1ccc(C2C(=C(O)c3ccc(OCC)c(C)c3)C(=O)C(=O)N2CCN(C)C)cc1. The van der Waals surface area contributed by atoms with Crippen LogP contribution in [0.4, 0.5) is 0 Å². The maximum Gasteiger partial charge on any atom is 0.295 e. The van der Waals surface area contributed by atoms with Gasteiger partial charge in [-0.3, -0.25) is 9.59 Å². The first-order chi connectivity index (χ1) is 16.8. The number of carbonyl (C=O) groups excluding carboxylic acids is 2. The Morgan fingerprint density at radius 3 is 2.37 bits per heavy atom. The van der Waals surface area contributed by atoms with E-state index in [2.05, 4.69) is 6.92 Å². The number of aliphatic hydroxyl groups excluding tert-OH is 1. The lowest BCUT2D eigenvalue weighted by Crippen LogP contribution is -2.35. The van der Waals surface area contributed by atoms with Crippen LogP contribution in [-0.2, 0) is 9.59 Å². The van der Waals surface area contributed by atoms with Gasteiger partial charge in [-0.1, -0.05) is 25.5 Å². The molecule has 2 aromatic carbocycles. The van der Waals surface area contributed by atoms with Crippen molar-refractivity contribution < 1.29 is 24.2 Å². The summed E-state index contributed by atoms with van der Waals surface area (Å²) in [5, 5.41) is 11.3. The van der Waals surface area contributed by atoms with Gasteiger partial charge in [0.2, 0.25) is 0 Å². The van der Waals surface area contributed by atoms with Crippen molar-refractivity contribution in [1.82, 2.24) is 9.80 Å². The van der Waals surface area contributed by atoms with Gasteiger partial charge in [0.15, 0.2) is 0 Å². The molecule has 1 unspecified atom stereocenters. The van der Waals surface area contributed by atoms with Crippen LogP contribution in [0.25, 0.3) is 5.76 Å². The van der Waals surface area contributed by atoms with E-state index in [4.69, 9.17) is 9.47 Å². The highest BCUT2D eigenvalue weighted by atomic mass is 16.5. The fourth-order valence-electron chi connectivity index (χ4n) is 4.12. The second-order valence-electron chi connectivity index (χ2n) is 8.98. The summed E-state index contributed by atoms with van der Waals surface area (Å²) in [6.45, 7) is 8.00. The van der Waals surface area contributed by atoms with Gasteiger partial charge in [-0.25, -0.2) is 0 Å². The number of aryl methyl sites for hydroxylation is 1. The number of nitrogens with zero attached hydrogens (tertiary/aromatic N) is 2. The van der Waals surface area contributed by atoms with E-state index < -0.39 is 17.7 Å². The van der Waals surface area contributed by atoms with Crippen LogP contribution in [0.15, 0.2) is 48.0 Å². The second kappa shape index (κ2) is 11.9. The minimum atomic E-state index is -0.688. The highest BCUT2D eigenvalue weighted by Crippen LogP contribution is 2.40. The number of hydrogen-bond donors (Lipinski definition) is 1. The number of likely N-dealkylation sites (N-methyl/N-ethyl adjacent to an activating group) is 1. The zero-order valence-electron chi connectivity index (χ0n) is 21.3. The van der Waals surface area contributed by atoms with Gasteiger partial charge >= 0.3 is 0 Å². The highest BCUT2D eigenvalue weighted by molar-refractivity contribution is 6.46. The van der Waals surface area contributed by atoms with Gasteiger partial charge in [0.05, 0.1) is 24.8 Å². The minimum Gasteiger partial charge on any atom is -0.507 e. The van der Waals surface area contributed by atoms with Crippen LogP contribution in [0.2, 0.25) is 0 Å². The molecule has 0 radical (unpaired) electrons. The molecule has 0 bridgehead atoms. The van der Waals surface area contributed by atoms with Gasteiger partial charge in [0.1, 0.15) is 17.3 Å². The van der Waals surface area contributed by atoms with E-state index in [0.29, 0.717) is 37.6 Å². The summed E-state index contributed by atoms with van der Waals surface area (Å²) in [5.74, 6) is -0.0270. The molecule has 1 heterocycles. The van der Waals surface area contributed by atoms with E-state index in [1.165, 1.54) is 0 Å². The Hall–Kier alpha value is -3.32. The number of ether oxygens (including phenoxy) is 2. The van der Waals surface area contributed by atoms with Crippen LogP contribution < -0.4 is 9.47 Å². The predicted molar refractivity (Wildman–Crippen MR) is 137 cm³/mol. The van der Waals surface area contributed by atoms with Crippen molar-refractivity contribution in [2.75, 3.05) is 40.4 Å². The molecule has 35 heavy (non-hydrogen) atoms. The number of likely N-dealkylation sites (tertiary alicyclic amines) is 1. The molecule has 7 nitrogen and oxygen atoms in total. The fraction of sp³-hybridized carbons (Fsp3) is 0.429. The molecule has 3 rings (SSSR count). The van der Waals surface area contributed by atoms with Gasteiger partial charge in [-0.2, -0.15) is 0 Å². The van der Waals surface area contributed by atoms with Crippen LogP contribution in [0.1, 0.15) is 49.4 Å². The summed E-state index contributed by atoms with van der Waals surface area (Å²) in [6.07, 6.45) is 2.01. The first kappa shape index (κ1) is 26.3. The number of Topliss-reactive ketones (excluding diaryl/α,β-unsaturated/α-hetero) is 1. The van der Waals surface area contributed by atoms with Gasteiger partial charge in [0, 0.05) is 18.7 Å². The van der Waals surface area contributed by atoms with Gasteiger partial charge in [0.25, 0.3) is 11.7 Å². The number of carbonyl (C=O) groups is 2. The zero-order valence-corrected chi connectivity index (χ0v) is 21.3. The third-order valence-corrected chi connectivity index (χ3v) is 6.04. The third-order valence-electron chi connectivity index (χ3n) is 6.04. The van der Waals surface area contributed by atoms with Crippen molar-refractivity contribution in [3.63, 3.8) is 0 Å². The monoisotopic (exact) mass is 480 g/mol. The molecule has 0 spiro atoms. The van der Waals surface area contributed by atoms with Crippen molar-refractivity contribution in [3.8, 4) is 11.5 Å². The van der Waals surface area contributed by atoms with Crippen LogP contribution in [0.3, 0.4) is 0 Å². The number of aliphatic hydroxyl groups is 1. The summed E-state index contributed by atoms with van der Waals surface area (Å²) in [6, 6.07) is 12.0. The van der Waals surface area contributed by atoms with Gasteiger partial charge in [-0.05, 0) is 75.8 Å². The maximum atomic E-state index is 13.2. The molecule has 1 saturated heterocycles. The Labute approximate surface area is 207 Å². The van der Waals surface area contributed by atoms with Crippen LogP contribution in [-0.4, -0.2) is 67.0 Å². The molecule has 1 N–H and O–H groups in total. The van der Waals surface area contributed by atoms with Gasteiger partial charge in [-0.15, -0.1) is 0 Å². The van der Waals surface area contributed by atoms with Crippen LogP contribution in [0, 0.1) is 6.92 Å². The lowest BCUT2D eigenvalue weighted by molar-refractivity contribution is -0.140. The molecule has 1 fully saturated rings. The average Bonchev–Trinajstić information content (AvgIpc) is 3.09. The molecular weight excluding hydrogens is 444 g/mol. The summed E-state index contributed by atoms with van der Waals surface area (Å²) in [7, 11) is 3.83. The Morgan fingerprint density at radius 1 is 1.06 bits per heavy atom. The first-order valence-electron chi connectivity index (χ1n) is 12.2. The highest BCUT2D eigenvalue weighted by Gasteiger charge is 2.45. The van der Waals surface area contributed by atoms with Gasteiger partial charge < -0.3 is 24.4 Å². The largest absolute Gasteiger partial charge is 0.507 e. The third kappa shape index (κ3) is 6.03. The molecule has 0 aliphatic carbocycles. The normalized spacial score (nSPS) is 17.3. The van der Waals surface area contributed by atoms with Crippen molar-refractivity contribution >= 4 is 17.4 Å². The topological polar surface area (TPSA) is 79.3 Å². The molecular formula is C28H36N2O5. The smallest absolute Gasteiger partial charge is 0.295 e. The fourth-order valence-corrected chi connectivity index (χ4v) is 4.12. The quantitative estimate of drug-likeness (QED) is 0.220. The average molecular weight is 481 g/mol. The molecule has 188 valence electrons. The molecule has 1 aliphatic rings. The Bertz CT molecular complexity index is 1080. The maximum absolute atomic E-state index is 13.2. The zero-order chi connectivity index (χ0) is 25.5. The number of benzene rings is 2. The molecule has 0 saturated carbocycles. The number of ketones is 1.